The molecule has 0 radical (unpaired) electrons. The van der Waals surface area contributed by atoms with Crippen LogP contribution in [0.2, 0.25) is 0 Å². The molecule has 2 aromatic carbocycles. The molecule has 0 amide bonds. The van der Waals surface area contributed by atoms with Crippen LogP contribution in [0.3, 0.4) is 0 Å². The predicted molar refractivity (Wildman–Crippen MR) is 71.1 cm³/mol. The first kappa shape index (κ1) is 14.1. The van der Waals surface area contributed by atoms with Crippen LogP contribution < -0.4 is 5.73 Å². The molecule has 1 atom stereocenters. The van der Waals surface area contributed by atoms with Gasteiger partial charge >= 0.3 is 0 Å². The van der Waals surface area contributed by atoms with Gasteiger partial charge in [-0.3, -0.25) is 0 Å². The molecule has 2 rings (SSSR count). The van der Waals surface area contributed by atoms with Gasteiger partial charge in [0.2, 0.25) is 0 Å². The van der Waals surface area contributed by atoms with Crippen molar-refractivity contribution < 1.29 is 13.2 Å². The number of rotatable bonds is 3. The lowest BCUT2D eigenvalue weighted by Crippen LogP contribution is -2.15. The van der Waals surface area contributed by atoms with E-state index in [4.69, 9.17) is 5.73 Å². The SMILES string of the molecule is NC(Cc1cc(F)cc(Br)c1)c1cc(F)ccc1F. The number of hydrogen-bond donors (Lipinski definition) is 1. The van der Waals surface area contributed by atoms with Gasteiger partial charge in [-0.05, 0) is 48.4 Å². The maximum Gasteiger partial charge on any atom is 0.128 e. The molecule has 100 valence electrons. The summed E-state index contributed by atoms with van der Waals surface area (Å²) < 4.78 is 40.4. The second-order valence-electron chi connectivity index (χ2n) is 4.25. The quantitative estimate of drug-likeness (QED) is 0.901. The van der Waals surface area contributed by atoms with E-state index in [1.54, 1.807) is 6.07 Å². The van der Waals surface area contributed by atoms with Gasteiger partial charge in [-0.1, -0.05) is 15.9 Å². The maximum absolute atomic E-state index is 13.6. The van der Waals surface area contributed by atoms with E-state index in [1.807, 2.05) is 0 Å². The van der Waals surface area contributed by atoms with E-state index in [-0.39, 0.29) is 12.0 Å². The first-order valence-corrected chi connectivity index (χ1v) is 6.40. The van der Waals surface area contributed by atoms with Crippen LogP contribution >= 0.6 is 15.9 Å². The number of benzene rings is 2. The Morgan fingerprint density at radius 3 is 2.42 bits per heavy atom. The fraction of sp³-hybridized carbons (Fsp3) is 0.143. The molecule has 0 bridgehead atoms. The Balaban J connectivity index is 2.25. The first-order valence-electron chi connectivity index (χ1n) is 5.61. The Labute approximate surface area is 117 Å². The molecule has 5 heteroatoms. The molecule has 2 aromatic rings. The minimum Gasteiger partial charge on any atom is -0.324 e. The molecule has 0 heterocycles. The molecule has 0 spiro atoms. The van der Waals surface area contributed by atoms with Crippen molar-refractivity contribution in [2.45, 2.75) is 12.5 Å². The van der Waals surface area contributed by atoms with Crippen LogP contribution in [0.1, 0.15) is 17.2 Å². The summed E-state index contributed by atoms with van der Waals surface area (Å²) in [6, 6.07) is 6.73. The highest BCUT2D eigenvalue weighted by Crippen LogP contribution is 2.22. The molecule has 2 N–H and O–H groups in total. The monoisotopic (exact) mass is 329 g/mol. The molecule has 0 aliphatic carbocycles. The molecule has 0 fully saturated rings. The molecule has 0 aliphatic rings. The second kappa shape index (κ2) is 5.75. The molecule has 0 aliphatic heterocycles. The first-order chi connectivity index (χ1) is 8.95. The predicted octanol–water partition coefficient (Wildman–Crippen LogP) is 4.11. The highest BCUT2D eigenvalue weighted by atomic mass is 79.9. The van der Waals surface area contributed by atoms with Gasteiger partial charge in [-0.2, -0.15) is 0 Å². The summed E-state index contributed by atoms with van der Waals surface area (Å²) >= 11 is 3.17. The van der Waals surface area contributed by atoms with Crippen LogP contribution in [-0.2, 0) is 6.42 Å². The van der Waals surface area contributed by atoms with Gasteiger partial charge in [0.05, 0.1) is 0 Å². The molecular weight excluding hydrogens is 319 g/mol. The van der Waals surface area contributed by atoms with E-state index in [2.05, 4.69) is 15.9 Å². The van der Waals surface area contributed by atoms with E-state index in [9.17, 15) is 13.2 Å². The van der Waals surface area contributed by atoms with Crippen molar-refractivity contribution in [2.75, 3.05) is 0 Å². The standard InChI is InChI=1S/C14H11BrF3N/c15-9-3-8(4-11(17)6-9)5-14(19)12-7-10(16)1-2-13(12)18/h1-4,6-7,14H,5,19H2. The molecular formula is C14H11BrF3N. The number of nitrogens with two attached hydrogens (primary N) is 1. The van der Waals surface area contributed by atoms with E-state index < -0.39 is 23.5 Å². The fourth-order valence-corrected chi connectivity index (χ4v) is 2.40. The normalized spacial score (nSPS) is 12.5. The van der Waals surface area contributed by atoms with Crippen LogP contribution in [0.25, 0.3) is 0 Å². The number of hydrogen-bond acceptors (Lipinski definition) is 1. The molecule has 0 saturated carbocycles. The lowest BCUT2D eigenvalue weighted by atomic mass is 9.99. The van der Waals surface area contributed by atoms with E-state index >= 15 is 0 Å². The average Bonchev–Trinajstić information content (AvgIpc) is 2.30. The largest absolute Gasteiger partial charge is 0.324 e. The van der Waals surface area contributed by atoms with Crippen molar-refractivity contribution in [3.63, 3.8) is 0 Å². The maximum atomic E-state index is 13.6. The fourth-order valence-electron chi connectivity index (χ4n) is 1.89. The van der Waals surface area contributed by atoms with Gasteiger partial charge in [0, 0.05) is 16.1 Å². The summed E-state index contributed by atoms with van der Waals surface area (Å²) in [4.78, 5) is 0. The zero-order valence-electron chi connectivity index (χ0n) is 9.84. The highest BCUT2D eigenvalue weighted by molar-refractivity contribution is 9.10. The Hall–Kier alpha value is -1.33. The summed E-state index contributed by atoms with van der Waals surface area (Å²) in [6.07, 6.45) is 0.219. The van der Waals surface area contributed by atoms with Gasteiger partial charge < -0.3 is 5.73 Å². The zero-order chi connectivity index (χ0) is 14.0. The minimum absolute atomic E-state index is 0.0837. The average molecular weight is 330 g/mol. The molecule has 0 saturated heterocycles. The van der Waals surface area contributed by atoms with E-state index in [0.717, 1.165) is 18.2 Å². The highest BCUT2D eigenvalue weighted by Gasteiger charge is 2.14. The van der Waals surface area contributed by atoms with Gasteiger partial charge in [0.15, 0.2) is 0 Å². The molecule has 19 heavy (non-hydrogen) atoms. The van der Waals surface area contributed by atoms with E-state index in [0.29, 0.717) is 10.0 Å². The van der Waals surface area contributed by atoms with Crippen molar-refractivity contribution in [3.8, 4) is 0 Å². The summed E-state index contributed by atoms with van der Waals surface area (Å²) in [5, 5.41) is 0. The van der Waals surface area contributed by atoms with Gasteiger partial charge in [-0.25, -0.2) is 13.2 Å². The third kappa shape index (κ3) is 3.58. The third-order valence-corrected chi connectivity index (χ3v) is 3.19. The summed E-state index contributed by atoms with van der Waals surface area (Å²) in [5.74, 6) is -1.52. The minimum atomic E-state index is -0.732. The smallest absolute Gasteiger partial charge is 0.128 e. The molecule has 1 unspecified atom stereocenters. The lowest BCUT2D eigenvalue weighted by molar-refractivity contribution is 0.560. The molecule has 0 aromatic heterocycles. The van der Waals surface area contributed by atoms with Crippen molar-refractivity contribution in [1.29, 1.82) is 0 Å². The van der Waals surface area contributed by atoms with Gasteiger partial charge in [-0.15, -0.1) is 0 Å². The second-order valence-corrected chi connectivity index (χ2v) is 5.17. The van der Waals surface area contributed by atoms with Crippen molar-refractivity contribution in [2.24, 2.45) is 5.73 Å². The Bertz CT molecular complexity index is 581. The van der Waals surface area contributed by atoms with Crippen LogP contribution in [0.4, 0.5) is 13.2 Å². The van der Waals surface area contributed by atoms with Crippen LogP contribution in [0, 0.1) is 17.5 Å². The zero-order valence-corrected chi connectivity index (χ0v) is 11.4. The van der Waals surface area contributed by atoms with Gasteiger partial charge in [0.25, 0.3) is 0 Å². The summed E-state index contributed by atoms with van der Waals surface area (Å²) in [5.41, 5.74) is 6.55. The summed E-state index contributed by atoms with van der Waals surface area (Å²) in [6.45, 7) is 0. The van der Waals surface area contributed by atoms with Crippen LogP contribution in [0.5, 0.6) is 0 Å². The van der Waals surface area contributed by atoms with Crippen LogP contribution in [-0.4, -0.2) is 0 Å². The summed E-state index contributed by atoms with van der Waals surface area (Å²) in [7, 11) is 0. The van der Waals surface area contributed by atoms with E-state index in [1.165, 1.54) is 12.1 Å². The number of halogens is 4. The van der Waals surface area contributed by atoms with Crippen LogP contribution in [0.15, 0.2) is 40.9 Å². The third-order valence-electron chi connectivity index (χ3n) is 2.74. The molecule has 1 nitrogen and oxygen atoms in total. The Morgan fingerprint density at radius 1 is 1.00 bits per heavy atom. The lowest BCUT2D eigenvalue weighted by Gasteiger charge is -2.13. The Kier molecular flexibility index (Phi) is 4.27. The van der Waals surface area contributed by atoms with Crippen molar-refractivity contribution in [1.82, 2.24) is 0 Å². The topological polar surface area (TPSA) is 26.0 Å². The van der Waals surface area contributed by atoms with Gasteiger partial charge in [0.1, 0.15) is 17.5 Å². The van der Waals surface area contributed by atoms with Crippen molar-refractivity contribution >= 4 is 15.9 Å². The van der Waals surface area contributed by atoms with Crippen molar-refractivity contribution in [3.05, 3.63) is 69.4 Å². The Morgan fingerprint density at radius 2 is 1.74 bits per heavy atom.